The summed E-state index contributed by atoms with van der Waals surface area (Å²) in [6.07, 6.45) is 6.70. The zero-order valence-electron chi connectivity index (χ0n) is 6.34. The van der Waals surface area contributed by atoms with Gasteiger partial charge in [-0.2, -0.15) is 0 Å². The maximum absolute atomic E-state index is 5.18. The third kappa shape index (κ3) is 1.73. The highest BCUT2D eigenvalue weighted by Crippen LogP contribution is 2.10. The van der Waals surface area contributed by atoms with Gasteiger partial charge < -0.3 is 4.74 Å². The first-order valence-electron chi connectivity index (χ1n) is 3.55. The molecule has 0 aromatic rings. The topological polar surface area (TPSA) is 12.5 Å². The smallest absolute Gasteiger partial charge is 0.0710 e. The van der Waals surface area contributed by atoms with Gasteiger partial charge in [0.25, 0.3) is 0 Å². The molecule has 56 valence electrons. The Balaban J connectivity index is 2.23. The molecular weight excluding hydrogens is 126 g/mol. The fraction of sp³-hybridized carbons (Fsp3) is 0.750. The molecule has 1 atom stereocenters. The minimum Gasteiger partial charge on any atom is -0.380 e. The van der Waals surface area contributed by atoms with Gasteiger partial charge in [0.2, 0.25) is 0 Å². The lowest BCUT2D eigenvalue weighted by atomic mass is 10.3. The summed E-state index contributed by atoms with van der Waals surface area (Å²) < 4.78 is 5.18. The maximum Gasteiger partial charge on any atom is 0.0710 e. The second-order valence-corrected chi connectivity index (χ2v) is 2.59. The zero-order valence-corrected chi connectivity index (χ0v) is 6.34. The predicted molar refractivity (Wildman–Crippen MR) is 40.7 cm³/mol. The van der Waals surface area contributed by atoms with Crippen LogP contribution in [0.15, 0.2) is 0 Å². The third-order valence-electron chi connectivity index (χ3n) is 1.88. The van der Waals surface area contributed by atoms with E-state index in [0.29, 0.717) is 6.10 Å². The maximum atomic E-state index is 5.18. The molecule has 1 saturated heterocycles. The highest BCUT2D eigenvalue weighted by molar-refractivity contribution is 4.91. The van der Waals surface area contributed by atoms with Crippen molar-refractivity contribution in [2.24, 2.45) is 0 Å². The molecule has 2 nitrogen and oxygen atoms in total. The van der Waals surface area contributed by atoms with Crippen LogP contribution in [0.2, 0.25) is 0 Å². The number of hydrogen-bond acceptors (Lipinski definition) is 2. The molecule has 0 unspecified atom stereocenters. The van der Waals surface area contributed by atoms with E-state index in [9.17, 15) is 0 Å². The number of rotatable bonds is 2. The Kier molecular flexibility index (Phi) is 2.73. The first kappa shape index (κ1) is 7.59. The van der Waals surface area contributed by atoms with Crippen LogP contribution in [-0.2, 0) is 4.74 Å². The number of hydrogen-bond donors (Lipinski definition) is 0. The van der Waals surface area contributed by atoms with Crippen LogP contribution in [0, 0.1) is 12.3 Å². The van der Waals surface area contributed by atoms with Gasteiger partial charge in [-0.25, -0.2) is 0 Å². The summed E-state index contributed by atoms with van der Waals surface area (Å²) in [5.41, 5.74) is 0. The highest BCUT2D eigenvalue weighted by atomic mass is 16.5. The second kappa shape index (κ2) is 3.60. The van der Waals surface area contributed by atoms with Gasteiger partial charge in [-0.05, 0) is 6.42 Å². The molecule has 0 saturated carbocycles. The van der Waals surface area contributed by atoms with Crippen molar-refractivity contribution in [3.8, 4) is 12.3 Å². The summed E-state index contributed by atoms with van der Waals surface area (Å²) in [6.45, 7) is 2.85. The van der Waals surface area contributed by atoms with Crippen LogP contribution < -0.4 is 0 Å². The van der Waals surface area contributed by atoms with Gasteiger partial charge in [-0.3, -0.25) is 4.90 Å². The lowest BCUT2D eigenvalue weighted by Gasteiger charge is -2.10. The minimum absolute atomic E-state index is 0.411. The predicted octanol–water partition coefficient (Wildman–Crippen LogP) is 0.340. The molecule has 1 heterocycles. The number of terminal acetylenes is 1. The van der Waals surface area contributed by atoms with Crippen LogP contribution in [0.25, 0.3) is 0 Å². The molecule has 1 aliphatic heterocycles. The molecule has 0 N–H and O–H groups in total. The van der Waals surface area contributed by atoms with Gasteiger partial charge in [-0.1, -0.05) is 5.92 Å². The summed E-state index contributed by atoms with van der Waals surface area (Å²) in [4.78, 5) is 2.23. The van der Waals surface area contributed by atoms with E-state index in [1.54, 1.807) is 7.11 Å². The van der Waals surface area contributed by atoms with Crippen molar-refractivity contribution in [3.05, 3.63) is 0 Å². The SMILES string of the molecule is C#CCN1CC[C@@H](OC)C1. The first-order chi connectivity index (χ1) is 4.86. The van der Waals surface area contributed by atoms with Crippen LogP contribution in [0.1, 0.15) is 6.42 Å². The van der Waals surface area contributed by atoms with Crippen LogP contribution in [0.3, 0.4) is 0 Å². The van der Waals surface area contributed by atoms with E-state index in [0.717, 1.165) is 26.1 Å². The molecule has 0 spiro atoms. The van der Waals surface area contributed by atoms with Crippen molar-refractivity contribution in [2.75, 3.05) is 26.7 Å². The number of ether oxygens (including phenoxy) is 1. The first-order valence-corrected chi connectivity index (χ1v) is 3.55. The Bertz CT molecular complexity index is 139. The zero-order chi connectivity index (χ0) is 7.40. The lowest BCUT2D eigenvalue weighted by molar-refractivity contribution is 0.110. The van der Waals surface area contributed by atoms with E-state index in [4.69, 9.17) is 11.2 Å². The van der Waals surface area contributed by atoms with E-state index >= 15 is 0 Å². The van der Waals surface area contributed by atoms with E-state index in [-0.39, 0.29) is 0 Å². The number of likely N-dealkylation sites (tertiary alicyclic amines) is 1. The van der Waals surface area contributed by atoms with Gasteiger partial charge in [0.15, 0.2) is 0 Å². The summed E-state index contributed by atoms with van der Waals surface area (Å²) in [6, 6.07) is 0. The Morgan fingerprint density at radius 1 is 1.80 bits per heavy atom. The van der Waals surface area contributed by atoms with Crippen molar-refractivity contribution >= 4 is 0 Å². The van der Waals surface area contributed by atoms with Gasteiger partial charge >= 0.3 is 0 Å². The summed E-state index contributed by atoms with van der Waals surface area (Å²) in [5.74, 6) is 2.62. The molecule has 0 aliphatic carbocycles. The van der Waals surface area contributed by atoms with Crippen LogP contribution >= 0.6 is 0 Å². The van der Waals surface area contributed by atoms with Crippen LogP contribution in [-0.4, -0.2) is 37.7 Å². The molecule has 0 aromatic carbocycles. The molecule has 0 radical (unpaired) electrons. The van der Waals surface area contributed by atoms with Gasteiger partial charge in [0.1, 0.15) is 0 Å². The average molecular weight is 139 g/mol. The quantitative estimate of drug-likeness (QED) is 0.511. The molecule has 1 fully saturated rings. The summed E-state index contributed by atoms with van der Waals surface area (Å²) in [5, 5.41) is 0. The number of methoxy groups -OCH3 is 1. The molecular formula is C8H13NO. The molecule has 0 amide bonds. The minimum atomic E-state index is 0.411. The molecule has 1 aliphatic rings. The molecule has 2 heteroatoms. The Morgan fingerprint density at radius 2 is 2.60 bits per heavy atom. The normalized spacial score (nSPS) is 26.6. The van der Waals surface area contributed by atoms with E-state index in [1.165, 1.54) is 0 Å². The van der Waals surface area contributed by atoms with Crippen LogP contribution in [0.4, 0.5) is 0 Å². The average Bonchev–Trinajstić information content (AvgIpc) is 2.37. The van der Waals surface area contributed by atoms with Crippen LogP contribution in [0.5, 0.6) is 0 Å². The molecule has 0 aromatic heterocycles. The summed E-state index contributed by atoms with van der Waals surface area (Å²) in [7, 11) is 1.75. The highest BCUT2D eigenvalue weighted by Gasteiger charge is 2.20. The fourth-order valence-corrected chi connectivity index (χ4v) is 1.26. The summed E-state index contributed by atoms with van der Waals surface area (Å²) >= 11 is 0. The third-order valence-corrected chi connectivity index (χ3v) is 1.88. The van der Waals surface area contributed by atoms with Gasteiger partial charge in [-0.15, -0.1) is 6.42 Å². The van der Waals surface area contributed by atoms with E-state index in [1.807, 2.05) is 0 Å². The van der Waals surface area contributed by atoms with E-state index < -0.39 is 0 Å². The molecule has 1 rings (SSSR count). The molecule has 10 heavy (non-hydrogen) atoms. The van der Waals surface area contributed by atoms with Crippen molar-refractivity contribution in [2.45, 2.75) is 12.5 Å². The van der Waals surface area contributed by atoms with Gasteiger partial charge in [0.05, 0.1) is 12.6 Å². The fourth-order valence-electron chi connectivity index (χ4n) is 1.26. The van der Waals surface area contributed by atoms with E-state index in [2.05, 4.69) is 10.8 Å². The second-order valence-electron chi connectivity index (χ2n) is 2.59. The van der Waals surface area contributed by atoms with Crippen molar-refractivity contribution in [3.63, 3.8) is 0 Å². The number of nitrogens with zero attached hydrogens (tertiary/aromatic N) is 1. The van der Waals surface area contributed by atoms with Crippen molar-refractivity contribution in [1.29, 1.82) is 0 Å². The van der Waals surface area contributed by atoms with Gasteiger partial charge in [0, 0.05) is 20.2 Å². The molecule has 0 bridgehead atoms. The van der Waals surface area contributed by atoms with Crippen molar-refractivity contribution < 1.29 is 4.74 Å². The largest absolute Gasteiger partial charge is 0.380 e. The monoisotopic (exact) mass is 139 g/mol. The Morgan fingerprint density at radius 3 is 3.10 bits per heavy atom. The Labute approximate surface area is 62.2 Å². The standard InChI is InChI=1S/C8H13NO/c1-3-5-9-6-4-8(7-9)10-2/h1,8H,4-7H2,2H3/t8-/m1/s1. The van der Waals surface area contributed by atoms with Crippen molar-refractivity contribution in [1.82, 2.24) is 4.90 Å². The Hall–Kier alpha value is -0.520. The lowest BCUT2D eigenvalue weighted by Crippen LogP contribution is -2.22.